The second-order valence-corrected chi connectivity index (χ2v) is 4.95. The molecule has 1 unspecified atom stereocenters. The highest BCUT2D eigenvalue weighted by Gasteiger charge is 2.42. The summed E-state index contributed by atoms with van der Waals surface area (Å²) in [5, 5.41) is 5.10. The first-order valence-electron chi connectivity index (χ1n) is 6.55. The van der Waals surface area contributed by atoms with E-state index in [1.807, 2.05) is 31.2 Å². The van der Waals surface area contributed by atoms with Crippen LogP contribution in [0.3, 0.4) is 0 Å². The van der Waals surface area contributed by atoms with Crippen molar-refractivity contribution in [1.29, 1.82) is 0 Å². The molecular weight excluding hydrogens is 266 g/mol. The van der Waals surface area contributed by atoms with E-state index in [0.29, 0.717) is 6.61 Å². The van der Waals surface area contributed by atoms with Gasteiger partial charge < -0.3 is 10.1 Å². The van der Waals surface area contributed by atoms with Gasteiger partial charge in [0.25, 0.3) is 5.92 Å². The van der Waals surface area contributed by atoms with Gasteiger partial charge in [-0.2, -0.15) is 0 Å². The van der Waals surface area contributed by atoms with Crippen LogP contribution in [0.5, 0.6) is 5.75 Å². The van der Waals surface area contributed by atoms with Crippen molar-refractivity contribution in [3.05, 3.63) is 29.8 Å². The van der Waals surface area contributed by atoms with Crippen LogP contribution >= 0.6 is 0 Å². The molecule has 1 aliphatic rings. The predicted molar refractivity (Wildman–Crippen MR) is 71.0 cm³/mol. The quantitative estimate of drug-likeness (QED) is 0.805. The molecular formula is C14H18F2N2O2. The van der Waals surface area contributed by atoms with Gasteiger partial charge in [-0.1, -0.05) is 12.1 Å². The summed E-state index contributed by atoms with van der Waals surface area (Å²) in [7, 11) is 0. The number of amides is 1. The van der Waals surface area contributed by atoms with E-state index in [-0.39, 0.29) is 6.54 Å². The lowest BCUT2D eigenvalue weighted by molar-refractivity contribution is -0.123. The van der Waals surface area contributed by atoms with Crippen LogP contribution in [0.4, 0.5) is 8.78 Å². The Morgan fingerprint density at radius 1 is 1.55 bits per heavy atom. The molecule has 1 aliphatic heterocycles. The Bertz CT molecular complexity index is 480. The van der Waals surface area contributed by atoms with E-state index in [0.717, 1.165) is 11.3 Å². The summed E-state index contributed by atoms with van der Waals surface area (Å²) >= 11 is 0. The summed E-state index contributed by atoms with van der Waals surface area (Å²) in [5.74, 6) is -2.47. The Morgan fingerprint density at radius 2 is 2.35 bits per heavy atom. The maximum atomic E-state index is 12.9. The Kier molecular flexibility index (Phi) is 4.54. The number of carbonyl (C=O) groups is 1. The molecule has 0 bridgehead atoms. The summed E-state index contributed by atoms with van der Waals surface area (Å²) in [6.45, 7) is 2.11. The van der Waals surface area contributed by atoms with Gasteiger partial charge in [-0.25, -0.2) is 8.78 Å². The number of ether oxygens (including phenoxy) is 1. The molecule has 2 N–H and O–H groups in total. The topological polar surface area (TPSA) is 50.4 Å². The van der Waals surface area contributed by atoms with Gasteiger partial charge in [0, 0.05) is 6.42 Å². The molecule has 2 rings (SSSR count). The molecule has 1 fully saturated rings. The van der Waals surface area contributed by atoms with Crippen LogP contribution in [0.2, 0.25) is 0 Å². The second kappa shape index (κ2) is 6.17. The van der Waals surface area contributed by atoms with Crippen molar-refractivity contribution in [3.63, 3.8) is 0 Å². The van der Waals surface area contributed by atoms with E-state index in [2.05, 4.69) is 10.6 Å². The zero-order chi connectivity index (χ0) is 14.6. The molecule has 6 heteroatoms. The number of aryl methyl sites for hydroxylation is 1. The number of benzene rings is 1. The first-order chi connectivity index (χ1) is 9.46. The maximum absolute atomic E-state index is 12.9. The van der Waals surface area contributed by atoms with Gasteiger partial charge in [-0.15, -0.1) is 0 Å². The molecule has 0 aliphatic carbocycles. The fraction of sp³-hybridized carbons (Fsp3) is 0.500. The number of halogens is 2. The van der Waals surface area contributed by atoms with Crippen LogP contribution in [0, 0.1) is 6.92 Å². The molecule has 1 aromatic carbocycles. The third kappa shape index (κ3) is 4.16. The Labute approximate surface area is 116 Å². The van der Waals surface area contributed by atoms with Crippen molar-refractivity contribution < 1.29 is 18.3 Å². The minimum absolute atomic E-state index is 0.288. The highest BCUT2D eigenvalue weighted by Crippen LogP contribution is 2.24. The fourth-order valence-electron chi connectivity index (χ4n) is 2.07. The van der Waals surface area contributed by atoms with Gasteiger partial charge in [-0.3, -0.25) is 10.1 Å². The minimum atomic E-state index is -2.79. The molecule has 0 aromatic heterocycles. The van der Waals surface area contributed by atoms with E-state index >= 15 is 0 Å². The van der Waals surface area contributed by atoms with Gasteiger partial charge >= 0.3 is 0 Å². The Hall–Kier alpha value is -1.69. The Balaban J connectivity index is 1.67. The highest BCUT2D eigenvalue weighted by atomic mass is 19.3. The smallest absolute Gasteiger partial charge is 0.262 e. The molecule has 1 atom stereocenters. The van der Waals surface area contributed by atoms with Crippen LogP contribution < -0.4 is 15.4 Å². The summed E-state index contributed by atoms with van der Waals surface area (Å²) in [6, 6.07) is 6.74. The third-order valence-electron chi connectivity index (χ3n) is 3.09. The molecule has 0 spiro atoms. The van der Waals surface area contributed by atoms with E-state index in [4.69, 9.17) is 4.74 Å². The maximum Gasteiger partial charge on any atom is 0.262 e. The van der Waals surface area contributed by atoms with Crippen molar-refractivity contribution in [2.24, 2.45) is 0 Å². The molecule has 1 saturated heterocycles. The average Bonchev–Trinajstić information content (AvgIpc) is 2.75. The van der Waals surface area contributed by atoms with E-state index in [1.165, 1.54) is 0 Å². The number of hydrogen-bond acceptors (Lipinski definition) is 3. The van der Waals surface area contributed by atoms with Gasteiger partial charge in [0.1, 0.15) is 12.4 Å². The van der Waals surface area contributed by atoms with Crippen LogP contribution in [0.1, 0.15) is 12.0 Å². The Morgan fingerprint density at radius 3 is 3.00 bits per heavy atom. The highest BCUT2D eigenvalue weighted by molar-refractivity contribution is 5.82. The van der Waals surface area contributed by atoms with E-state index < -0.39 is 30.8 Å². The van der Waals surface area contributed by atoms with Crippen molar-refractivity contribution in [2.45, 2.75) is 25.3 Å². The molecule has 0 radical (unpaired) electrons. The molecule has 20 heavy (non-hydrogen) atoms. The number of rotatable bonds is 5. The predicted octanol–water partition coefficient (Wildman–Crippen LogP) is 1.49. The van der Waals surface area contributed by atoms with Gasteiger partial charge in [0.05, 0.1) is 19.1 Å². The summed E-state index contributed by atoms with van der Waals surface area (Å²) in [4.78, 5) is 11.6. The SMILES string of the molecule is Cc1cccc(OCCNC(=O)C2CC(F)(F)CN2)c1. The van der Waals surface area contributed by atoms with Crippen molar-refractivity contribution in [1.82, 2.24) is 10.6 Å². The van der Waals surface area contributed by atoms with Crippen molar-refractivity contribution in [2.75, 3.05) is 19.7 Å². The molecule has 110 valence electrons. The van der Waals surface area contributed by atoms with Crippen LogP contribution in [0.25, 0.3) is 0 Å². The number of alkyl halides is 2. The molecule has 1 heterocycles. The summed E-state index contributed by atoms with van der Waals surface area (Å²) in [5.41, 5.74) is 1.09. The second-order valence-electron chi connectivity index (χ2n) is 4.95. The largest absolute Gasteiger partial charge is 0.492 e. The first kappa shape index (κ1) is 14.7. The third-order valence-corrected chi connectivity index (χ3v) is 3.09. The van der Waals surface area contributed by atoms with Gasteiger partial charge in [-0.05, 0) is 24.6 Å². The lowest BCUT2D eigenvalue weighted by Gasteiger charge is -2.12. The minimum Gasteiger partial charge on any atom is -0.492 e. The van der Waals surface area contributed by atoms with Crippen molar-refractivity contribution in [3.8, 4) is 5.75 Å². The van der Waals surface area contributed by atoms with Crippen LogP contribution in [0.15, 0.2) is 24.3 Å². The zero-order valence-electron chi connectivity index (χ0n) is 11.3. The lowest BCUT2D eigenvalue weighted by atomic mass is 10.2. The van der Waals surface area contributed by atoms with Crippen LogP contribution in [-0.4, -0.2) is 37.6 Å². The fourth-order valence-corrected chi connectivity index (χ4v) is 2.07. The average molecular weight is 284 g/mol. The van der Waals surface area contributed by atoms with Crippen molar-refractivity contribution >= 4 is 5.91 Å². The van der Waals surface area contributed by atoms with Gasteiger partial charge in [0.2, 0.25) is 5.91 Å². The van der Waals surface area contributed by atoms with Crippen LogP contribution in [-0.2, 0) is 4.79 Å². The standard InChI is InChI=1S/C14H18F2N2O2/c1-10-3-2-4-11(7-10)20-6-5-17-13(19)12-8-14(15,16)9-18-12/h2-4,7,12,18H,5-6,8-9H2,1H3,(H,17,19). The molecule has 1 aromatic rings. The monoisotopic (exact) mass is 284 g/mol. The van der Waals surface area contributed by atoms with E-state index in [1.54, 1.807) is 0 Å². The first-order valence-corrected chi connectivity index (χ1v) is 6.55. The number of nitrogens with one attached hydrogen (secondary N) is 2. The van der Waals surface area contributed by atoms with Gasteiger partial charge in [0.15, 0.2) is 0 Å². The summed E-state index contributed by atoms with van der Waals surface area (Å²) < 4.78 is 31.3. The number of carbonyl (C=O) groups excluding carboxylic acids is 1. The molecule has 1 amide bonds. The lowest BCUT2D eigenvalue weighted by Crippen LogP contribution is -2.41. The van der Waals surface area contributed by atoms with E-state index in [9.17, 15) is 13.6 Å². The normalized spacial score (nSPS) is 20.6. The zero-order valence-corrected chi connectivity index (χ0v) is 11.3. The number of hydrogen-bond donors (Lipinski definition) is 2. The summed E-state index contributed by atoms with van der Waals surface area (Å²) in [6.07, 6.45) is -0.447. The molecule has 0 saturated carbocycles. The molecule has 4 nitrogen and oxygen atoms in total.